The van der Waals surface area contributed by atoms with Crippen molar-refractivity contribution >= 4 is 12.1 Å². The zero-order chi connectivity index (χ0) is 12.3. The Balaban J connectivity index is 2.71. The lowest BCUT2D eigenvalue weighted by Gasteiger charge is -2.18. The molecule has 0 unspecified atom stereocenters. The molecule has 16 heavy (non-hydrogen) atoms. The predicted molar refractivity (Wildman–Crippen MR) is 55.2 cm³/mol. The Morgan fingerprint density at radius 2 is 2.12 bits per heavy atom. The first-order valence-electron chi connectivity index (χ1n) is 4.76. The maximum absolute atomic E-state index is 11.5. The van der Waals surface area contributed by atoms with E-state index >= 15 is 0 Å². The largest absolute Gasteiger partial charge is 0.481 e. The van der Waals surface area contributed by atoms with Crippen molar-refractivity contribution in [3.63, 3.8) is 0 Å². The summed E-state index contributed by atoms with van der Waals surface area (Å²) in [6.07, 6.45) is 1.90. The topological polar surface area (TPSA) is 81.4 Å². The average molecular weight is 226 g/mol. The van der Waals surface area contributed by atoms with Gasteiger partial charge in [-0.2, -0.15) is 9.78 Å². The summed E-state index contributed by atoms with van der Waals surface area (Å²) in [5.41, 5.74) is -0.144. The first-order valence-corrected chi connectivity index (χ1v) is 4.76. The highest BCUT2D eigenvalue weighted by atomic mass is 16.6. The molecule has 0 aliphatic rings. The van der Waals surface area contributed by atoms with Gasteiger partial charge in [-0.3, -0.25) is 4.79 Å². The molecular formula is C10H14N2O4. The zero-order valence-electron chi connectivity index (χ0n) is 9.43. The third-order valence-corrected chi connectivity index (χ3v) is 1.57. The Labute approximate surface area is 92.8 Å². The van der Waals surface area contributed by atoms with E-state index in [1.807, 2.05) is 0 Å². The number of aliphatic carboxylic acids is 1. The SMILES string of the molecule is CC(C)(C)OC(=O)n1cc(CC(=O)O)cn1. The second kappa shape index (κ2) is 4.34. The van der Waals surface area contributed by atoms with Crippen molar-refractivity contribution in [2.45, 2.75) is 32.8 Å². The standard InChI is InChI=1S/C10H14N2O4/c1-10(2,3)16-9(15)12-6-7(5-11-12)4-8(13)14/h5-6H,4H2,1-3H3,(H,13,14). The van der Waals surface area contributed by atoms with E-state index in [0.717, 1.165) is 4.68 Å². The second-order valence-electron chi connectivity index (χ2n) is 4.34. The number of aromatic nitrogens is 2. The van der Waals surface area contributed by atoms with Gasteiger partial charge < -0.3 is 9.84 Å². The van der Waals surface area contributed by atoms with Gasteiger partial charge in [-0.05, 0) is 20.8 Å². The van der Waals surface area contributed by atoms with Crippen LogP contribution in [-0.2, 0) is 16.0 Å². The molecule has 0 fully saturated rings. The van der Waals surface area contributed by atoms with E-state index in [1.165, 1.54) is 12.4 Å². The second-order valence-corrected chi connectivity index (χ2v) is 4.34. The van der Waals surface area contributed by atoms with Gasteiger partial charge in [-0.15, -0.1) is 0 Å². The number of hydrogen-bond acceptors (Lipinski definition) is 4. The van der Waals surface area contributed by atoms with Crippen LogP contribution in [0.25, 0.3) is 0 Å². The molecule has 0 amide bonds. The molecule has 0 bridgehead atoms. The van der Waals surface area contributed by atoms with Crippen LogP contribution < -0.4 is 0 Å². The van der Waals surface area contributed by atoms with Crippen molar-refractivity contribution in [1.29, 1.82) is 0 Å². The van der Waals surface area contributed by atoms with Gasteiger partial charge in [-0.1, -0.05) is 0 Å². The number of carboxylic acids is 1. The minimum atomic E-state index is -0.969. The van der Waals surface area contributed by atoms with Crippen molar-refractivity contribution in [2.75, 3.05) is 0 Å². The number of nitrogens with zero attached hydrogens (tertiary/aromatic N) is 2. The van der Waals surface area contributed by atoms with E-state index < -0.39 is 17.7 Å². The van der Waals surface area contributed by atoms with Gasteiger partial charge in [0.25, 0.3) is 0 Å². The number of carbonyl (C=O) groups is 2. The van der Waals surface area contributed by atoms with Crippen LogP contribution in [-0.4, -0.2) is 32.6 Å². The summed E-state index contributed by atoms with van der Waals surface area (Å²) in [5, 5.41) is 12.3. The molecule has 0 aromatic carbocycles. The summed E-state index contributed by atoms with van der Waals surface area (Å²) in [6.45, 7) is 5.23. The average Bonchev–Trinajstić information content (AvgIpc) is 2.48. The van der Waals surface area contributed by atoms with Crippen LogP contribution in [0.2, 0.25) is 0 Å². The van der Waals surface area contributed by atoms with Crippen molar-refractivity contribution in [2.24, 2.45) is 0 Å². The van der Waals surface area contributed by atoms with E-state index in [9.17, 15) is 9.59 Å². The smallest absolute Gasteiger partial charge is 0.435 e. The summed E-state index contributed by atoms with van der Waals surface area (Å²) < 4.78 is 6.05. The van der Waals surface area contributed by atoms with E-state index in [-0.39, 0.29) is 6.42 Å². The highest BCUT2D eigenvalue weighted by Gasteiger charge is 2.18. The Morgan fingerprint density at radius 1 is 1.50 bits per heavy atom. The molecule has 0 spiro atoms. The number of rotatable bonds is 2. The normalized spacial score (nSPS) is 11.2. The third-order valence-electron chi connectivity index (χ3n) is 1.57. The van der Waals surface area contributed by atoms with Gasteiger partial charge in [0.1, 0.15) is 5.60 Å². The Hall–Kier alpha value is -1.85. The van der Waals surface area contributed by atoms with Crippen LogP contribution in [0.15, 0.2) is 12.4 Å². The predicted octanol–water partition coefficient (Wildman–Crippen LogP) is 1.29. The summed E-state index contributed by atoms with van der Waals surface area (Å²) in [6, 6.07) is 0. The fraction of sp³-hybridized carbons (Fsp3) is 0.500. The van der Waals surface area contributed by atoms with Crippen LogP contribution in [0.3, 0.4) is 0 Å². The van der Waals surface area contributed by atoms with Crippen molar-refractivity contribution in [3.05, 3.63) is 18.0 Å². The molecule has 88 valence electrons. The molecule has 0 aliphatic carbocycles. The highest BCUT2D eigenvalue weighted by Crippen LogP contribution is 2.09. The quantitative estimate of drug-likeness (QED) is 0.821. The number of ether oxygens (including phenoxy) is 1. The number of carboxylic acid groups (broad SMARTS) is 1. The van der Waals surface area contributed by atoms with Crippen LogP contribution in [0.1, 0.15) is 26.3 Å². The molecule has 1 rings (SSSR count). The maximum atomic E-state index is 11.5. The number of carbonyl (C=O) groups excluding carboxylic acids is 1. The molecule has 6 heteroatoms. The van der Waals surface area contributed by atoms with Gasteiger partial charge in [0.2, 0.25) is 0 Å². The van der Waals surface area contributed by atoms with Gasteiger partial charge in [0.05, 0.1) is 12.6 Å². The lowest BCUT2D eigenvalue weighted by molar-refractivity contribution is -0.136. The Kier molecular flexibility index (Phi) is 3.31. The molecule has 0 saturated heterocycles. The fourth-order valence-electron chi connectivity index (χ4n) is 1.03. The lowest BCUT2D eigenvalue weighted by atomic mass is 10.2. The van der Waals surface area contributed by atoms with E-state index in [0.29, 0.717) is 5.56 Å². The van der Waals surface area contributed by atoms with Crippen molar-refractivity contribution < 1.29 is 19.4 Å². The zero-order valence-corrected chi connectivity index (χ0v) is 9.43. The summed E-state index contributed by atoms with van der Waals surface area (Å²) in [5.74, 6) is -0.969. The summed E-state index contributed by atoms with van der Waals surface area (Å²) in [4.78, 5) is 21.9. The molecule has 1 N–H and O–H groups in total. The molecule has 1 heterocycles. The Morgan fingerprint density at radius 3 is 2.62 bits per heavy atom. The maximum Gasteiger partial charge on any atom is 0.435 e. The molecule has 0 aliphatic heterocycles. The minimum absolute atomic E-state index is 0.164. The van der Waals surface area contributed by atoms with Crippen LogP contribution >= 0.6 is 0 Å². The molecule has 0 radical (unpaired) electrons. The van der Waals surface area contributed by atoms with Gasteiger partial charge in [-0.25, -0.2) is 4.79 Å². The van der Waals surface area contributed by atoms with Crippen molar-refractivity contribution in [3.8, 4) is 0 Å². The van der Waals surface area contributed by atoms with Gasteiger partial charge in [0, 0.05) is 11.8 Å². The molecule has 0 atom stereocenters. The third kappa shape index (κ3) is 3.72. The number of hydrogen-bond donors (Lipinski definition) is 1. The van der Waals surface area contributed by atoms with E-state index in [1.54, 1.807) is 20.8 Å². The Bertz CT molecular complexity index is 403. The molecule has 1 aromatic rings. The van der Waals surface area contributed by atoms with E-state index in [2.05, 4.69) is 5.10 Å². The molecule has 6 nitrogen and oxygen atoms in total. The fourth-order valence-corrected chi connectivity index (χ4v) is 1.03. The van der Waals surface area contributed by atoms with Crippen molar-refractivity contribution in [1.82, 2.24) is 9.78 Å². The van der Waals surface area contributed by atoms with Gasteiger partial charge >= 0.3 is 12.1 Å². The minimum Gasteiger partial charge on any atom is -0.481 e. The van der Waals surface area contributed by atoms with Crippen LogP contribution in [0.4, 0.5) is 4.79 Å². The first kappa shape index (κ1) is 12.2. The van der Waals surface area contributed by atoms with E-state index in [4.69, 9.17) is 9.84 Å². The molecular weight excluding hydrogens is 212 g/mol. The van der Waals surface area contributed by atoms with Crippen LogP contribution in [0.5, 0.6) is 0 Å². The summed E-state index contributed by atoms with van der Waals surface area (Å²) >= 11 is 0. The monoisotopic (exact) mass is 226 g/mol. The summed E-state index contributed by atoms with van der Waals surface area (Å²) in [7, 11) is 0. The van der Waals surface area contributed by atoms with Crippen LogP contribution in [0, 0.1) is 0 Å². The van der Waals surface area contributed by atoms with Gasteiger partial charge in [0.15, 0.2) is 0 Å². The lowest BCUT2D eigenvalue weighted by Crippen LogP contribution is -2.27. The molecule has 1 aromatic heterocycles. The molecule has 0 saturated carbocycles. The highest BCUT2D eigenvalue weighted by molar-refractivity contribution is 5.72. The first-order chi connectivity index (χ1) is 7.28.